The lowest BCUT2D eigenvalue weighted by Crippen LogP contribution is -2.71. The second-order valence-electron chi connectivity index (χ2n) is 37.4. The number of aliphatic hydroxyl groups is 30. The zero-order valence-electron chi connectivity index (χ0n) is 79.4. The number of carbonyl (C=O) groups excluding carboxylic acids is 6. The maximum Gasteiger partial charge on any atom is 0.332 e. The molecule has 63 nitrogen and oxygen atoms in total. The van der Waals surface area contributed by atoms with E-state index in [0.717, 1.165) is 27.7 Å². The molecule has 0 spiro atoms. The van der Waals surface area contributed by atoms with Crippen LogP contribution >= 0.6 is 0 Å². The van der Waals surface area contributed by atoms with Gasteiger partial charge in [0.15, 0.2) is 50.3 Å². The largest absolute Gasteiger partial charge is 0.410 e. The lowest BCUT2D eigenvalue weighted by molar-refractivity contribution is -0.448. The molecule has 11 aliphatic rings. The van der Waals surface area contributed by atoms with E-state index in [-0.39, 0.29) is 12.9 Å². The van der Waals surface area contributed by atoms with Crippen molar-refractivity contribution in [3.05, 3.63) is 0 Å². The molecule has 11 fully saturated rings. The number of hydrogen-bond donors (Lipinski definition) is 34. The summed E-state index contributed by atoms with van der Waals surface area (Å²) in [6, 6.07) is -7.40. The van der Waals surface area contributed by atoms with Crippen molar-refractivity contribution in [1.82, 2.24) is 21.3 Å². The first-order valence-corrected chi connectivity index (χ1v) is 46.9. The molecule has 0 aromatic rings. The van der Waals surface area contributed by atoms with Gasteiger partial charge in [-0.05, 0) is 6.92 Å². The first kappa shape index (κ1) is 121. The molecule has 63 heteroatoms. The minimum atomic E-state index is -2.91. The van der Waals surface area contributed by atoms with E-state index >= 15 is 0 Å². The first-order chi connectivity index (χ1) is 69.0. The van der Waals surface area contributed by atoms with Crippen LogP contribution in [-0.2, 0) is 138 Å². The van der Waals surface area contributed by atoms with Crippen LogP contribution in [0.3, 0.4) is 0 Å². The van der Waals surface area contributed by atoms with Crippen LogP contribution in [0.25, 0.3) is 0 Å². The Morgan fingerprint density at radius 2 is 0.616 bits per heavy atom. The molecule has 844 valence electrons. The van der Waals surface area contributed by atoms with Gasteiger partial charge in [-0.2, -0.15) is 0 Å². The number of nitrogens with one attached hydrogen (secondary N) is 4. The molecule has 0 saturated carbocycles. The van der Waals surface area contributed by atoms with Crippen molar-refractivity contribution >= 4 is 36.6 Å². The fourth-order valence-electron chi connectivity index (χ4n) is 19.2. The molecular weight excluding hydrogens is 2000 g/mol. The van der Waals surface area contributed by atoms with E-state index < -0.39 is 458 Å². The minimum Gasteiger partial charge on any atom is -0.410 e. The Bertz CT molecular complexity index is 4070. The fraction of sp³-hybridized carbons (Fsp3) is 0.928. The molecule has 11 heterocycles. The van der Waals surface area contributed by atoms with Gasteiger partial charge in [-0.15, -0.1) is 0 Å². The van der Waals surface area contributed by atoms with Crippen LogP contribution < -0.4 is 21.3 Å². The summed E-state index contributed by atoms with van der Waals surface area (Å²) in [7, 11) is 0. The molecule has 0 bridgehead atoms. The second-order valence-corrected chi connectivity index (χ2v) is 37.4. The topological polar surface area (TPSA) is 970 Å². The standard InChI is InChI=1S/C83H138N4O59/c1-23-30(103)8-82(126-21-97,144-64(23)47(107)32(105)10-88)125-20-42-51(111)58(118)61(121)77(136-42)138-67-38(16-94)134-76(46(56(67)116)87-29(7)102)143-73-60(120)50(110)35(13-91)131-81(73)141-70-53(113)41(135-78(62(70)122)139-68-39(17-95)132-74(44(55(68)115)85-27(5)100)137-66-37(15-93)128-25(3)43(54(66)114)84-26(4)99)19-124-80-72(59(119)49(109)34(12-90)130-80)142-75-45(86-28(6)101)57(117)69(40(18-96)133-75)140-79-63(123)71(52(112)36(14-92)129-79)146-83(127-22-98)9-31(104)24(2)65(145-83)48(108)33(106)11-89/h21-25,30-81,88-96,103-123H,8-20H2,1-7H3,(H,84,99)(H,85,100)(H,86,101)(H,87,102)/t23-,24-,25+,30-,31-,32-,33-,34?,35-,36?,37?,38?,39?,40+,41?,42?,43?,44?,45?,46?,47-,48-,49-,50-,51+,52+,53-,54-,55-,56-,57?,58+,59+,60?,61?,62?,63?,64?,65?,66-,67-,68-,69-,70+,71+,72?,73?,74+,75+,76+,77+,78+,79+,80+,81-,82+,83+/m1/s1. The normalized spacial score (nSPS) is 47.5. The van der Waals surface area contributed by atoms with Crippen LogP contribution in [0.15, 0.2) is 0 Å². The highest BCUT2D eigenvalue weighted by molar-refractivity contribution is 5.74. The summed E-state index contributed by atoms with van der Waals surface area (Å²) < 4.78 is 137. The lowest BCUT2D eigenvalue weighted by atomic mass is 9.87. The Balaban J connectivity index is 0.896. The smallest absolute Gasteiger partial charge is 0.332 e. The Morgan fingerprint density at radius 3 is 1.03 bits per heavy atom. The van der Waals surface area contributed by atoms with Gasteiger partial charge in [0, 0.05) is 39.5 Å². The van der Waals surface area contributed by atoms with Crippen molar-refractivity contribution in [2.75, 3.05) is 72.7 Å². The van der Waals surface area contributed by atoms with Gasteiger partial charge in [0.2, 0.25) is 23.6 Å². The van der Waals surface area contributed by atoms with Crippen molar-refractivity contribution in [3.63, 3.8) is 0 Å². The molecular formula is C83H138N4O59. The average Bonchev–Trinajstić information content (AvgIpc) is 0.749. The zero-order valence-corrected chi connectivity index (χ0v) is 79.4. The Hall–Kier alpha value is -5.22. The van der Waals surface area contributed by atoms with Crippen LogP contribution in [0.2, 0.25) is 0 Å². The summed E-state index contributed by atoms with van der Waals surface area (Å²) in [5.41, 5.74) is 0. The van der Waals surface area contributed by atoms with Crippen LogP contribution in [0.5, 0.6) is 0 Å². The van der Waals surface area contributed by atoms with Crippen molar-refractivity contribution < 1.29 is 291 Å². The van der Waals surface area contributed by atoms with E-state index in [0.29, 0.717) is 0 Å². The van der Waals surface area contributed by atoms with Crippen LogP contribution in [-0.4, -0.2) is 599 Å². The molecule has 0 radical (unpaired) electrons. The van der Waals surface area contributed by atoms with Gasteiger partial charge in [-0.1, -0.05) is 13.8 Å². The van der Waals surface area contributed by atoms with Crippen molar-refractivity contribution in [2.45, 2.75) is 398 Å². The number of rotatable bonds is 43. The third kappa shape index (κ3) is 26.9. The predicted molar refractivity (Wildman–Crippen MR) is 452 cm³/mol. The summed E-state index contributed by atoms with van der Waals surface area (Å²) in [5, 5.41) is 350. The molecule has 11 aliphatic heterocycles. The highest BCUT2D eigenvalue weighted by Crippen LogP contribution is 2.45. The molecule has 11 rings (SSSR count). The lowest BCUT2D eigenvalue weighted by Gasteiger charge is -2.51. The molecule has 11 saturated heterocycles. The molecule has 4 amide bonds. The van der Waals surface area contributed by atoms with Crippen LogP contribution in [0.1, 0.15) is 61.3 Å². The third-order valence-corrected chi connectivity index (χ3v) is 27.3. The second kappa shape index (κ2) is 52.8. The molecule has 0 aromatic carbocycles. The summed E-state index contributed by atoms with van der Waals surface area (Å²) in [6.45, 7) is -5.30. The number of carbonyl (C=O) groups is 6. The number of hydrogen-bond acceptors (Lipinski definition) is 59. The zero-order chi connectivity index (χ0) is 108. The highest BCUT2D eigenvalue weighted by atomic mass is 16.9. The molecule has 0 aliphatic carbocycles. The van der Waals surface area contributed by atoms with E-state index in [1.807, 2.05) is 0 Å². The van der Waals surface area contributed by atoms with Gasteiger partial charge < -0.3 is 283 Å². The van der Waals surface area contributed by atoms with Gasteiger partial charge in [-0.25, -0.2) is 0 Å². The SMILES string of the molecule is CC(=O)NC1C(O)[C@H](O[C@@H]2OC(CO)[C@H](O)[C@H](O[C@]3(OC=O)C[C@@H](O)[C@@H](C)C([C@H](O)[C@H](O)CO)O3)C2O)[C@H](CO)O[C@H]1OC1[C@@H](OCC2O[C@@H](O[C@@H]3C(CO)O[C@@H](O[C@@H]4C(CO)O[C@@H](C)C(NC(C)=O)[C@H]4O)C(NC(C)=O)[C@H]3O)C(O)[C@@H](O[C@H]3O[C@H](CO)[C@@H](O)C(O)C3O[C@@H]3OC(CO)[C@@H](O[C@@H]4OC(CO[C@]5(OC=O)C[C@@H](O)[C@@H](C)C([C@H](O)[C@H](O)CO)O5)[C@H](O)[C@H](O)C4O)[C@H](O)C3NC(C)=O)[C@@H]2O)OC(CO)[C@@H](O)[C@@H]1O. The average molecular weight is 2140 g/mol. The van der Waals surface area contributed by atoms with Gasteiger partial charge in [0.25, 0.3) is 12.9 Å². The molecule has 57 atom stereocenters. The summed E-state index contributed by atoms with van der Waals surface area (Å²) in [6.07, 6.45) is -106. The van der Waals surface area contributed by atoms with E-state index in [4.69, 9.17) is 109 Å². The van der Waals surface area contributed by atoms with Crippen LogP contribution in [0, 0.1) is 11.8 Å². The summed E-state index contributed by atoms with van der Waals surface area (Å²) in [5.74, 6) is -11.5. The monoisotopic (exact) mass is 2130 g/mol. The maximum atomic E-state index is 13.3. The third-order valence-electron chi connectivity index (χ3n) is 27.3. The number of amides is 4. The Kier molecular flexibility index (Phi) is 43.8. The number of aliphatic hydroxyl groups excluding tert-OH is 30. The van der Waals surface area contributed by atoms with E-state index in [2.05, 4.69) is 21.3 Å². The van der Waals surface area contributed by atoms with Crippen molar-refractivity contribution in [1.29, 1.82) is 0 Å². The van der Waals surface area contributed by atoms with E-state index in [9.17, 15) is 182 Å². The Labute approximate surface area is 828 Å². The van der Waals surface area contributed by atoms with E-state index in [1.165, 1.54) is 20.8 Å². The maximum absolute atomic E-state index is 13.3. The molecule has 0 aromatic heterocycles. The molecule has 146 heavy (non-hydrogen) atoms. The van der Waals surface area contributed by atoms with Crippen molar-refractivity contribution in [3.8, 4) is 0 Å². The Morgan fingerprint density at radius 1 is 0.315 bits per heavy atom. The van der Waals surface area contributed by atoms with Gasteiger partial charge in [-0.3, -0.25) is 28.8 Å². The number of ether oxygens (including phenoxy) is 23. The summed E-state index contributed by atoms with van der Waals surface area (Å²) in [4.78, 5) is 76.3. The first-order valence-electron chi connectivity index (χ1n) is 46.9. The minimum absolute atomic E-state index is 0.207. The predicted octanol–water partition coefficient (Wildman–Crippen LogP) is -22.3. The summed E-state index contributed by atoms with van der Waals surface area (Å²) >= 11 is 0. The quantitative estimate of drug-likeness (QED) is 0.0199. The van der Waals surface area contributed by atoms with Gasteiger partial charge in [0.05, 0.1) is 122 Å². The van der Waals surface area contributed by atoms with Crippen LogP contribution in [0.4, 0.5) is 0 Å². The van der Waals surface area contributed by atoms with Gasteiger partial charge in [0.1, 0.15) is 238 Å². The fourth-order valence-corrected chi connectivity index (χ4v) is 19.2. The van der Waals surface area contributed by atoms with Gasteiger partial charge >= 0.3 is 11.9 Å². The van der Waals surface area contributed by atoms with E-state index in [1.54, 1.807) is 0 Å². The highest BCUT2D eigenvalue weighted by Gasteiger charge is 2.65. The van der Waals surface area contributed by atoms with Crippen molar-refractivity contribution in [2.24, 2.45) is 11.8 Å². The molecule has 34 N–H and O–H groups in total. The molecule has 20 unspecified atom stereocenters.